The summed E-state index contributed by atoms with van der Waals surface area (Å²) < 4.78 is 39.3. The normalized spacial score (nSPS) is 10.4. The fraction of sp³-hybridized carbons (Fsp3) is 0. The van der Waals surface area contributed by atoms with Crippen LogP contribution >= 0.6 is 0 Å². The summed E-state index contributed by atoms with van der Waals surface area (Å²) in [5, 5.41) is 2.37. The van der Waals surface area contributed by atoms with Crippen LogP contribution in [0.5, 0.6) is 0 Å². The van der Waals surface area contributed by atoms with Crippen molar-refractivity contribution in [3.8, 4) is 0 Å². The van der Waals surface area contributed by atoms with Crippen LogP contribution < -0.4 is 16.8 Å². The average Bonchev–Trinajstić information content (AvgIpc) is 2.23. The van der Waals surface area contributed by atoms with Crippen molar-refractivity contribution in [2.75, 3.05) is 16.8 Å². The Morgan fingerprint density at radius 2 is 1.72 bits per heavy atom. The maximum absolute atomic E-state index is 13.4. The molecule has 0 fully saturated rings. The smallest absolute Gasteiger partial charge is 0.223 e. The van der Waals surface area contributed by atoms with Crippen molar-refractivity contribution in [2.45, 2.75) is 0 Å². The van der Waals surface area contributed by atoms with Crippen LogP contribution in [0.25, 0.3) is 0 Å². The van der Waals surface area contributed by atoms with Gasteiger partial charge in [0.05, 0.1) is 5.69 Å². The molecule has 5 N–H and O–H groups in total. The van der Waals surface area contributed by atoms with Crippen molar-refractivity contribution < 1.29 is 13.2 Å². The van der Waals surface area contributed by atoms with E-state index in [4.69, 9.17) is 11.5 Å². The monoisotopic (exact) mass is 255 g/mol. The Balaban J connectivity index is 2.39. The average molecular weight is 255 g/mol. The third-order valence-electron chi connectivity index (χ3n) is 2.02. The molecular formula is C10H8F3N5. The first-order valence-corrected chi connectivity index (χ1v) is 4.77. The maximum Gasteiger partial charge on any atom is 0.223 e. The van der Waals surface area contributed by atoms with E-state index in [1.807, 2.05) is 0 Å². The molecule has 0 spiro atoms. The molecule has 0 aliphatic rings. The van der Waals surface area contributed by atoms with E-state index in [9.17, 15) is 13.2 Å². The summed E-state index contributed by atoms with van der Waals surface area (Å²) in [5.74, 6) is -3.54. The predicted molar refractivity (Wildman–Crippen MR) is 60.5 cm³/mol. The summed E-state index contributed by atoms with van der Waals surface area (Å²) in [7, 11) is 0. The number of rotatable bonds is 2. The van der Waals surface area contributed by atoms with Crippen molar-refractivity contribution in [2.24, 2.45) is 0 Å². The third-order valence-corrected chi connectivity index (χ3v) is 2.02. The van der Waals surface area contributed by atoms with Gasteiger partial charge in [-0.1, -0.05) is 0 Å². The number of benzene rings is 1. The quantitative estimate of drug-likeness (QED) is 0.712. The van der Waals surface area contributed by atoms with E-state index in [2.05, 4.69) is 15.3 Å². The molecule has 2 rings (SSSR count). The second-order valence-electron chi connectivity index (χ2n) is 3.41. The van der Waals surface area contributed by atoms with Crippen LogP contribution in [-0.4, -0.2) is 9.97 Å². The minimum Gasteiger partial charge on any atom is -0.383 e. The largest absolute Gasteiger partial charge is 0.383 e. The Bertz CT molecular complexity index is 582. The molecule has 0 atom stereocenters. The van der Waals surface area contributed by atoms with Crippen molar-refractivity contribution in [1.82, 2.24) is 9.97 Å². The van der Waals surface area contributed by atoms with E-state index in [1.165, 1.54) is 6.07 Å². The van der Waals surface area contributed by atoms with E-state index in [1.54, 1.807) is 0 Å². The SMILES string of the molecule is Nc1cc(Nc2cc(F)cc(F)c2F)nc(N)n1. The van der Waals surface area contributed by atoms with Crippen LogP contribution in [-0.2, 0) is 0 Å². The van der Waals surface area contributed by atoms with Gasteiger partial charge in [-0.25, -0.2) is 13.2 Å². The molecule has 18 heavy (non-hydrogen) atoms. The van der Waals surface area contributed by atoms with Gasteiger partial charge in [0.15, 0.2) is 11.6 Å². The van der Waals surface area contributed by atoms with E-state index in [0.717, 1.165) is 6.07 Å². The van der Waals surface area contributed by atoms with Gasteiger partial charge in [0.1, 0.15) is 17.5 Å². The van der Waals surface area contributed by atoms with Crippen LogP contribution in [0.3, 0.4) is 0 Å². The fourth-order valence-electron chi connectivity index (χ4n) is 1.33. The molecule has 0 aliphatic carbocycles. The third kappa shape index (κ3) is 2.42. The van der Waals surface area contributed by atoms with Gasteiger partial charge in [0.25, 0.3) is 0 Å². The van der Waals surface area contributed by atoms with Crippen molar-refractivity contribution in [3.63, 3.8) is 0 Å². The second-order valence-corrected chi connectivity index (χ2v) is 3.41. The highest BCUT2D eigenvalue weighted by atomic mass is 19.2. The lowest BCUT2D eigenvalue weighted by molar-refractivity contribution is 0.498. The Kier molecular flexibility index (Phi) is 2.92. The van der Waals surface area contributed by atoms with E-state index < -0.39 is 23.1 Å². The predicted octanol–water partition coefficient (Wildman–Crippen LogP) is 1.80. The fourth-order valence-corrected chi connectivity index (χ4v) is 1.33. The van der Waals surface area contributed by atoms with Gasteiger partial charge >= 0.3 is 0 Å². The summed E-state index contributed by atoms with van der Waals surface area (Å²) in [4.78, 5) is 7.29. The highest BCUT2D eigenvalue weighted by molar-refractivity contribution is 5.60. The zero-order valence-electron chi connectivity index (χ0n) is 8.92. The summed E-state index contributed by atoms with van der Waals surface area (Å²) in [5.41, 5.74) is 10.3. The number of hydrogen-bond acceptors (Lipinski definition) is 5. The minimum atomic E-state index is -1.31. The zero-order chi connectivity index (χ0) is 13.3. The van der Waals surface area contributed by atoms with Crippen molar-refractivity contribution >= 4 is 23.3 Å². The molecular weight excluding hydrogens is 247 g/mol. The molecule has 0 radical (unpaired) electrons. The number of halogens is 3. The second kappa shape index (κ2) is 4.40. The molecule has 0 saturated heterocycles. The number of nitrogens with zero attached hydrogens (tertiary/aromatic N) is 2. The molecule has 2 aromatic rings. The molecule has 1 aromatic heterocycles. The molecule has 1 heterocycles. The lowest BCUT2D eigenvalue weighted by Gasteiger charge is -2.08. The van der Waals surface area contributed by atoms with Gasteiger partial charge in [0.2, 0.25) is 5.95 Å². The van der Waals surface area contributed by atoms with Crippen LogP contribution in [0.1, 0.15) is 0 Å². The zero-order valence-corrected chi connectivity index (χ0v) is 8.92. The van der Waals surface area contributed by atoms with Crippen LogP contribution in [0.2, 0.25) is 0 Å². The minimum absolute atomic E-state index is 0.0314. The summed E-state index contributed by atoms with van der Waals surface area (Å²) in [6.45, 7) is 0. The molecule has 1 aromatic carbocycles. The van der Waals surface area contributed by atoms with Crippen LogP contribution in [0.15, 0.2) is 18.2 Å². The highest BCUT2D eigenvalue weighted by Crippen LogP contribution is 2.23. The Morgan fingerprint density at radius 3 is 2.39 bits per heavy atom. The van der Waals surface area contributed by atoms with Gasteiger partial charge in [0, 0.05) is 18.2 Å². The maximum atomic E-state index is 13.4. The topological polar surface area (TPSA) is 89.8 Å². The van der Waals surface area contributed by atoms with Crippen molar-refractivity contribution in [1.29, 1.82) is 0 Å². The van der Waals surface area contributed by atoms with Gasteiger partial charge in [-0.05, 0) is 0 Å². The first kappa shape index (κ1) is 12.0. The molecule has 0 bridgehead atoms. The number of nitrogens with two attached hydrogens (primary N) is 2. The van der Waals surface area contributed by atoms with Gasteiger partial charge in [-0.2, -0.15) is 9.97 Å². The lowest BCUT2D eigenvalue weighted by Crippen LogP contribution is -2.04. The Hall–Kier alpha value is -2.51. The summed E-state index contributed by atoms with van der Waals surface area (Å²) in [6.07, 6.45) is 0. The first-order chi connectivity index (χ1) is 8.45. The number of aromatic nitrogens is 2. The van der Waals surface area contributed by atoms with Gasteiger partial charge in [-0.15, -0.1) is 0 Å². The summed E-state index contributed by atoms with van der Waals surface area (Å²) >= 11 is 0. The summed E-state index contributed by atoms with van der Waals surface area (Å²) in [6, 6.07) is 2.47. The molecule has 8 heteroatoms. The van der Waals surface area contributed by atoms with E-state index in [0.29, 0.717) is 6.07 Å². The Morgan fingerprint density at radius 1 is 1.00 bits per heavy atom. The number of anilines is 4. The van der Waals surface area contributed by atoms with Crippen molar-refractivity contribution in [3.05, 3.63) is 35.7 Å². The van der Waals surface area contributed by atoms with Crippen LogP contribution in [0.4, 0.5) is 36.4 Å². The highest BCUT2D eigenvalue weighted by Gasteiger charge is 2.12. The molecule has 0 saturated carbocycles. The standard InChI is InChI=1S/C10H8F3N5/c11-4-1-5(12)9(13)6(2-4)16-8-3-7(14)17-10(15)18-8/h1-3H,(H5,14,15,16,17,18). The number of nitrogen functional groups attached to an aromatic ring is 2. The van der Waals surface area contributed by atoms with Gasteiger partial charge in [-0.3, -0.25) is 0 Å². The molecule has 0 amide bonds. The lowest BCUT2D eigenvalue weighted by atomic mass is 10.3. The number of hydrogen-bond donors (Lipinski definition) is 3. The molecule has 94 valence electrons. The van der Waals surface area contributed by atoms with E-state index >= 15 is 0 Å². The molecule has 0 unspecified atom stereocenters. The Labute approximate surface area is 99.7 Å². The molecule has 5 nitrogen and oxygen atoms in total. The number of nitrogens with one attached hydrogen (secondary N) is 1. The first-order valence-electron chi connectivity index (χ1n) is 4.77. The van der Waals surface area contributed by atoms with E-state index in [-0.39, 0.29) is 17.6 Å². The van der Waals surface area contributed by atoms with Gasteiger partial charge < -0.3 is 16.8 Å². The van der Waals surface area contributed by atoms with Crippen LogP contribution in [0, 0.1) is 17.5 Å². The molecule has 0 aliphatic heterocycles.